The molecule has 0 atom stereocenters. The molecule has 1 N–H and O–H groups in total. The molecule has 0 saturated heterocycles. The number of hydrogen-bond acceptors (Lipinski definition) is 4. The van der Waals surface area contributed by atoms with Gasteiger partial charge in [-0.15, -0.1) is 11.3 Å². The van der Waals surface area contributed by atoms with E-state index in [2.05, 4.69) is 43.2 Å². The Labute approximate surface area is 124 Å². The molecule has 106 valence electrons. The predicted molar refractivity (Wildman–Crippen MR) is 89.5 cm³/mol. The Kier molecular flexibility index (Phi) is 4.90. The van der Waals surface area contributed by atoms with E-state index >= 15 is 0 Å². The summed E-state index contributed by atoms with van der Waals surface area (Å²) in [5.74, 6) is 0. The van der Waals surface area contributed by atoms with Crippen LogP contribution in [0.4, 0.5) is 11.4 Å². The van der Waals surface area contributed by atoms with Crippen molar-refractivity contribution in [3.05, 3.63) is 29.3 Å². The van der Waals surface area contributed by atoms with Crippen LogP contribution in [-0.2, 0) is 0 Å². The molecule has 3 nitrogen and oxygen atoms in total. The first-order valence-corrected chi connectivity index (χ1v) is 7.80. The SMILES string of the molecule is CCCC(C)=Nc1cc(NC)cc(-c2nccs2)c1C. The maximum absolute atomic E-state index is 4.78. The summed E-state index contributed by atoms with van der Waals surface area (Å²) in [4.78, 5) is 9.20. The Hall–Kier alpha value is -1.68. The third-order valence-electron chi connectivity index (χ3n) is 3.25. The van der Waals surface area contributed by atoms with Crippen molar-refractivity contribution < 1.29 is 0 Å². The van der Waals surface area contributed by atoms with Crippen LogP contribution in [0, 0.1) is 6.92 Å². The van der Waals surface area contributed by atoms with E-state index in [1.165, 1.54) is 11.3 Å². The Balaban J connectivity index is 2.52. The minimum atomic E-state index is 1.04. The van der Waals surface area contributed by atoms with Crippen molar-refractivity contribution in [2.75, 3.05) is 12.4 Å². The summed E-state index contributed by atoms with van der Waals surface area (Å²) in [5.41, 5.74) is 5.63. The van der Waals surface area contributed by atoms with E-state index in [0.717, 1.165) is 34.8 Å². The number of thiazole rings is 1. The van der Waals surface area contributed by atoms with Crippen LogP contribution in [0.25, 0.3) is 10.6 Å². The molecule has 2 aromatic rings. The second-order valence-corrected chi connectivity index (χ2v) is 5.75. The van der Waals surface area contributed by atoms with Crippen LogP contribution in [0.15, 0.2) is 28.7 Å². The van der Waals surface area contributed by atoms with Crippen molar-refractivity contribution in [2.45, 2.75) is 33.6 Å². The van der Waals surface area contributed by atoms with Gasteiger partial charge in [0, 0.05) is 35.6 Å². The molecule has 0 saturated carbocycles. The maximum Gasteiger partial charge on any atom is 0.123 e. The Morgan fingerprint density at radius 1 is 1.40 bits per heavy atom. The summed E-state index contributed by atoms with van der Waals surface area (Å²) in [6, 6.07) is 4.24. The number of aliphatic imine (C=N–C) groups is 1. The van der Waals surface area contributed by atoms with Crippen molar-refractivity contribution in [3.8, 4) is 10.6 Å². The van der Waals surface area contributed by atoms with Crippen molar-refractivity contribution >= 4 is 28.4 Å². The van der Waals surface area contributed by atoms with Gasteiger partial charge in [0.1, 0.15) is 5.01 Å². The first-order valence-electron chi connectivity index (χ1n) is 6.92. The van der Waals surface area contributed by atoms with Crippen LogP contribution < -0.4 is 5.32 Å². The van der Waals surface area contributed by atoms with Crippen molar-refractivity contribution in [2.24, 2.45) is 4.99 Å². The maximum atomic E-state index is 4.78. The number of benzene rings is 1. The molecule has 0 aliphatic heterocycles. The van der Waals surface area contributed by atoms with E-state index in [1.807, 2.05) is 18.6 Å². The van der Waals surface area contributed by atoms with Crippen molar-refractivity contribution in [1.29, 1.82) is 0 Å². The van der Waals surface area contributed by atoms with Gasteiger partial charge in [-0.1, -0.05) is 13.3 Å². The van der Waals surface area contributed by atoms with E-state index in [0.29, 0.717) is 0 Å². The first kappa shape index (κ1) is 14.7. The third kappa shape index (κ3) is 3.25. The summed E-state index contributed by atoms with van der Waals surface area (Å²) in [6.07, 6.45) is 4.01. The number of anilines is 1. The molecule has 0 unspecified atom stereocenters. The standard InChI is InChI=1S/C16H21N3S/c1-5-6-11(2)19-15-10-13(17-4)9-14(12(15)3)16-18-7-8-20-16/h7-10,17H,5-6H2,1-4H3. The second kappa shape index (κ2) is 6.66. The van der Waals surface area contributed by atoms with Crippen LogP contribution in [0.1, 0.15) is 32.3 Å². The molecule has 1 heterocycles. The fourth-order valence-corrected chi connectivity index (χ4v) is 2.87. The molecular formula is C16H21N3S. The zero-order valence-corrected chi connectivity index (χ0v) is 13.3. The molecule has 0 fully saturated rings. The molecule has 0 bridgehead atoms. The van der Waals surface area contributed by atoms with E-state index in [9.17, 15) is 0 Å². The summed E-state index contributed by atoms with van der Waals surface area (Å²) in [7, 11) is 1.93. The number of hydrogen-bond donors (Lipinski definition) is 1. The zero-order chi connectivity index (χ0) is 14.5. The molecule has 0 spiro atoms. The number of aromatic nitrogens is 1. The lowest BCUT2D eigenvalue weighted by molar-refractivity contribution is 0.987. The van der Waals surface area contributed by atoms with Gasteiger partial charge in [-0.3, -0.25) is 4.99 Å². The average molecular weight is 287 g/mol. The second-order valence-electron chi connectivity index (χ2n) is 4.85. The van der Waals surface area contributed by atoms with Gasteiger partial charge >= 0.3 is 0 Å². The molecular weight excluding hydrogens is 266 g/mol. The zero-order valence-electron chi connectivity index (χ0n) is 12.5. The molecule has 1 aromatic heterocycles. The lowest BCUT2D eigenvalue weighted by Gasteiger charge is -2.11. The van der Waals surface area contributed by atoms with E-state index in [-0.39, 0.29) is 0 Å². The molecule has 1 aromatic carbocycles. The highest BCUT2D eigenvalue weighted by atomic mass is 32.1. The van der Waals surface area contributed by atoms with Gasteiger partial charge in [-0.2, -0.15) is 0 Å². The molecule has 0 radical (unpaired) electrons. The normalized spacial score (nSPS) is 11.7. The molecule has 4 heteroatoms. The average Bonchev–Trinajstić information content (AvgIpc) is 2.95. The van der Waals surface area contributed by atoms with Gasteiger partial charge in [-0.25, -0.2) is 4.98 Å². The van der Waals surface area contributed by atoms with Crippen molar-refractivity contribution in [3.63, 3.8) is 0 Å². The van der Waals surface area contributed by atoms with Crippen LogP contribution in [0.3, 0.4) is 0 Å². The van der Waals surface area contributed by atoms with Gasteiger partial charge in [0.15, 0.2) is 0 Å². The van der Waals surface area contributed by atoms with Crippen LogP contribution >= 0.6 is 11.3 Å². The number of nitrogens with one attached hydrogen (secondary N) is 1. The largest absolute Gasteiger partial charge is 0.388 e. The van der Waals surface area contributed by atoms with Gasteiger partial charge in [0.25, 0.3) is 0 Å². The Morgan fingerprint density at radius 2 is 2.20 bits per heavy atom. The highest BCUT2D eigenvalue weighted by Gasteiger charge is 2.10. The predicted octanol–water partition coefficient (Wildman–Crippen LogP) is 5.05. The monoisotopic (exact) mass is 287 g/mol. The van der Waals surface area contributed by atoms with E-state index < -0.39 is 0 Å². The van der Waals surface area contributed by atoms with E-state index in [1.54, 1.807) is 11.3 Å². The van der Waals surface area contributed by atoms with Crippen LogP contribution in [0.5, 0.6) is 0 Å². The van der Waals surface area contributed by atoms with E-state index in [4.69, 9.17) is 4.99 Å². The quantitative estimate of drug-likeness (QED) is 0.781. The molecule has 0 aliphatic carbocycles. The molecule has 2 rings (SSSR count). The Morgan fingerprint density at radius 3 is 2.80 bits per heavy atom. The highest BCUT2D eigenvalue weighted by molar-refractivity contribution is 7.13. The van der Waals surface area contributed by atoms with Crippen LogP contribution in [-0.4, -0.2) is 17.7 Å². The first-order chi connectivity index (χ1) is 9.65. The topological polar surface area (TPSA) is 37.3 Å². The number of nitrogens with zero attached hydrogens (tertiary/aromatic N) is 2. The van der Waals surface area contributed by atoms with Gasteiger partial charge in [-0.05, 0) is 38.0 Å². The van der Waals surface area contributed by atoms with Gasteiger partial charge in [0.2, 0.25) is 0 Å². The summed E-state index contributed by atoms with van der Waals surface area (Å²) >= 11 is 1.66. The fraction of sp³-hybridized carbons (Fsp3) is 0.375. The molecule has 20 heavy (non-hydrogen) atoms. The lowest BCUT2D eigenvalue weighted by atomic mass is 10.1. The highest BCUT2D eigenvalue weighted by Crippen LogP contribution is 2.35. The minimum absolute atomic E-state index is 1.04. The Bertz CT molecular complexity index is 600. The smallest absolute Gasteiger partial charge is 0.123 e. The summed E-state index contributed by atoms with van der Waals surface area (Å²) in [6.45, 7) is 6.39. The van der Waals surface area contributed by atoms with Gasteiger partial charge < -0.3 is 5.32 Å². The number of rotatable bonds is 5. The fourth-order valence-electron chi connectivity index (χ4n) is 2.16. The molecule has 0 aliphatic rings. The van der Waals surface area contributed by atoms with Crippen LogP contribution in [0.2, 0.25) is 0 Å². The lowest BCUT2D eigenvalue weighted by Crippen LogP contribution is -1.94. The summed E-state index contributed by atoms with van der Waals surface area (Å²) in [5, 5.41) is 6.26. The van der Waals surface area contributed by atoms with Gasteiger partial charge in [0.05, 0.1) is 5.69 Å². The van der Waals surface area contributed by atoms with Crippen molar-refractivity contribution in [1.82, 2.24) is 4.98 Å². The minimum Gasteiger partial charge on any atom is -0.388 e. The molecule has 0 amide bonds. The third-order valence-corrected chi connectivity index (χ3v) is 4.06. The summed E-state index contributed by atoms with van der Waals surface area (Å²) < 4.78 is 0.